The summed E-state index contributed by atoms with van der Waals surface area (Å²) >= 11 is 0. The molecule has 0 N–H and O–H groups in total. The van der Waals surface area contributed by atoms with Gasteiger partial charge in [0.1, 0.15) is 0 Å². The number of hydrogen-bond acceptors (Lipinski definition) is 2. The van der Waals surface area contributed by atoms with Gasteiger partial charge >= 0.3 is 0 Å². The smallest absolute Gasteiger partial charge is 0.159 e. The van der Waals surface area contributed by atoms with Gasteiger partial charge in [-0.15, -0.1) is 5.01 Å². The van der Waals surface area contributed by atoms with Crippen molar-refractivity contribution in [2.45, 2.75) is 19.8 Å². The van der Waals surface area contributed by atoms with Gasteiger partial charge in [-0.05, 0) is 6.42 Å². The van der Waals surface area contributed by atoms with Gasteiger partial charge in [-0.2, -0.15) is 0 Å². The van der Waals surface area contributed by atoms with Gasteiger partial charge in [-0.3, -0.25) is 0 Å². The molecule has 0 amide bonds. The zero-order valence-corrected chi connectivity index (χ0v) is 5.83. The van der Waals surface area contributed by atoms with E-state index in [2.05, 4.69) is 0 Å². The fraction of sp³-hybridized carbons (Fsp3) is 1.00. The lowest BCUT2D eigenvalue weighted by molar-refractivity contribution is -0.648. The predicted octanol–water partition coefficient (Wildman–Crippen LogP) is 0.910. The fourth-order valence-electron chi connectivity index (χ4n) is 0.469. The highest BCUT2D eigenvalue weighted by molar-refractivity contribution is 4.35. The normalized spacial score (nSPS) is 9.11. The van der Waals surface area contributed by atoms with Gasteiger partial charge in [-0.1, -0.05) is 13.3 Å². The molecule has 4 heteroatoms. The van der Waals surface area contributed by atoms with Gasteiger partial charge < -0.3 is 0 Å². The van der Waals surface area contributed by atoms with Crippen molar-refractivity contribution in [3.8, 4) is 0 Å². The van der Waals surface area contributed by atoms with Crippen LogP contribution in [0.3, 0.4) is 0 Å². The average Bonchev–Trinajstić information content (AvgIpc) is 1.82. The van der Waals surface area contributed by atoms with Crippen LogP contribution in [-0.2, 0) is 0 Å². The Morgan fingerprint density at radius 3 is 2.56 bits per heavy atom. The molecule has 0 radical (unpaired) electrons. The molecule has 0 rings (SSSR count). The second-order valence-corrected chi connectivity index (χ2v) is 1.97. The molecule has 0 aliphatic rings. The van der Waals surface area contributed by atoms with Crippen molar-refractivity contribution >= 4 is 0 Å². The lowest BCUT2D eigenvalue weighted by atomic mass is 10.3. The maximum Gasteiger partial charge on any atom is 0.159 e. The lowest BCUT2D eigenvalue weighted by Crippen LogP contribution is -2.25. The van der Waals surface area contributed by atoms with Gasteiger partial charge in [0, 0.05) is 0 Å². The predicted molar refractivity (Wildman–Crippen MR) is 34.5 cm³/mol. The Bertz CT molecular complexity index is 95.0. The zero-order chi connectivity index (χ0) is 7.28. The highest BCUT2D eigenvalue weighted by Gasteiger charge is 2.03. The Labute approximate surface area is 54.6 Å². The summed E-state index contributed by atoms with van der Waals surface area (Å²) in [4.78, 5) is 9.94. The quantitative estimate of drug-likeness (QED) is 0.422. The zero-order valence-electron chi connectivity index (χ0n) is 5.83. The molecule has 0 unspecified atom stereocenters. The van der Waals surface area contributed by atoms with Crippen molar-refractivity contribution in [2.24, 2.45) is 0 Å². The van der Waals surface area contributed by atoms with E-state index < -0.39 is 5.03 Å². The van der Waals surface area contributed by atoms with Crippen LogP contribution in [0.25, 0.3) is 0 Å². The Balaban J connectivity index is 3.27. The molecule has 0 heterocycles. The van der Waals surface area contributed by atoms with E-state index in [1.54, 1.807) is 0 Å². The first kappa shape index (κ1) is 8.20. The summed E-state index contributed by atoms with van der Waals surface area (Å²) in [5.74, 6) is 0. The van der Waals surface area contributed by atoms with Gasteiger partial charge in [-0.25, -0.2) is 10.1 Å². The lowest BCUT2D eigenvalue weighted by Gasteiger charge is -2.05. The van der Waals surface area contributed by atoms with Gasteiger partial charge in [0.15, 0.2) is 5.03 Å². The van der Waals surface area contributed by atoms with Crippen LogP contribution in [-0.4, -0.2) is 23.6 Å². The number of rotatable bonds is 4. The molecule has 0 saturated heterocycles. The summed E-state index contributed by atoms with van der Waals surface area (Å²) in [6.45, 7) is 2.55. The van der Waals surface area contributed by atoms with Crippen LogP contribution >= 0.6 is 0 Å². The van der Waals surface area contributed by atoms with Crippen LogP contribution < -0.4 is 0 Å². The first-order valence-electron chi connectivity index (χ1n) is 3.04. The monoisotopic (exact) mass is 132 g/mol. The molecule has 9 heavy (non-hydrogen) atoms. The van der Waals surface area contributed by atoms with E-state index in [1.807, 2.05) is 6.92 Å². The Hall–Kier alpha value is -0.800. The third-order valence-corrected chi connectivity index (χ3v) is 1.11. The first-order valence-corrected chi connectivity index (χ1v) is 3.04. The molecule has 0 aliphatic carbocycles. The molecule has 0 aliphatic heterocycles. The SMILES string of the molecule is CCCCN(C)[N+](=O)[O-]. The van der Waals surface area contributed by atoms with Crippen LogP contribution in [0.4, 0.5) is 0 Å². The van der Waals surface area contributed by atoms with Crippen LogP contribution in [0.5, 0.6) is 0 Å². The molecular weight excluding hydrogens is 120 g/mol. The minimum Gasteiger partial charge on any atom is -0.235 e. The standard InChI is InChI=1S/C5H12N2O2/c1-3-4-5-6(2)7(8)9/h3-5H2,1-2H3. The van der Waals surface area contributed by atoms with Gasteiger partial charge in [0.25, 0.3) is 0 Å². The van der Waals surface area contributed by atoms with E-state index in [4.69, 9.17) is 0 Å². The number of nitrogens with zero attached hydrogens (tertiary/aromatic N) is 2. The fourth-order valence-corrected chi connectivity index (χ4v) is 0.469. The van der Waals surface area contributed by atoms with Crippen molar-refractivity contribution in [1.29, 1.82) is 0 Å². The van der Waals surface area contributed by atoms with Crippen molar-refractivity contribution in [1.82, 2.24) is 5.01 Å². The van der Waals surface area contributed by atoms with E-state index in [-0.39, 0.29) is 0 Å². The van der Waals surface area contributed by atoms with E-state index in [0.717, 1.165) is 17.9 Å². The molecule has 0 spiro atoms. The Morgan fingerprint density at radius 1 is 1.67 bits per heavy atom. The van der Waals surface area contributed by atoms with Gasteiger partial charge in [0.2, 0.25) is 0 Å². The van der Waals surface area contributed by atoms with Crippen molar-refractivity contribution in [3.63, 3.8) is 0 Å². The molecular formula is C5H12N2O2. The van der Waals surface area contributed by atoms with E-state index in [1.165, 1.54) is 7.05 Å². The van der Waals surface area contributed by atoms with Gasteiger partial charge in [0.05, 0.1) is 13.6 Å². The second-order valence-electron chi connectivity index (χ2n) is 1.97. The van der Waals surface area contributed by atoms with Crippen LogP contribution in [0.2, 0.25) is 0 Å². The Morgan fingerprint density at radius 2 is 2.22 bits per heavy atom. The number of unbranched alkanes of at least 4 members (excludes halogenated alkanes) is 1. The molecule has 0 aromatic rings. The molecule has 0 saturated carbocycles. The molecule has 0 aromatic heterocycles. The van der Waals surface area contributed by atoms with Crippen LogP contribution in [0.1, 0.15) is 19.8 Å². The largest absolute Gasteiger partial charge is 0.235 e. The number of hydrogen-bond donors (Lipinski definition) is 0. The van der Waals surface area contributed by atoms with Crippen LogP contribution in [0.15, 0.2) is 0 Å². The Kier molecular flexibility index (Phi) is 3.75. The summed E-state index contributed by atoms with van der Waals surface area (Å²) in [6, 6.07) is 0. The summed E-state index contributed by atoms with van der Waals surface area (Å²) in [5, 5.41) is 10.6. The van der Waals surface area contributed by atoms with Crippen molar-refractivity contribution in [3.05, 3.63) is 10.1 Å². The molecule has 0 fully saturated rings. The highest BCUT2D eigenvalue weighted by atomic mass is 16.7. The maximum atomic E-state index is 9.94. The highest BCUT2D eigenvalue weighted by Crippen LogP contribution is 1.89. The minimum atomic E-state index is -0.393. The number of hydrazine groups is 1. The molecule has 0 aromatic carbocycles. The summed E-state index contributed by atoms with van der Waals surface area (Å²) < 4.78 is 0. The first-order chi connectivity index (χ1) is 4.18. The second kappa shape index (κ2) is 4.12. The topological polar surface area (TPSA) is 46.4 Å². The molecule has 4 nitrogen and oxygen atoms in total. The van der Waals surface area contributed by atoms with E-state index in [0.29, 0.717) is 6.54 Å². The van der Waals surface area contributed by atoms with E-state index >= 15 is 0 Å². The summed E-state index contributed by atoms with van der Waals surface area (Å²) in [7, 11) is 1.48. The molecule has 0 atom stereocenters. The van der Waals surface area contributed by atoms with E-state index in [9.17, 15) is 10.1 Å². The average molecular weight is 132 g/mol. The van der Waals surface area contributed by atoms with Crippen molar-refractivity contribution in [2.75, 3.05) is 13.6 Å². The van der Waals surface area contributed by atoms with Crippen LogP contribution in [0, 0.1) is 10.1 Å². The molecule has 54 valence electrons. The summed E-state index contributed by atoms with van der Waals surface area (Å²) in [6.07, 6.45) is 1.88. The molecule has 0 bridgehead atoms. The summed E-state index contributed by atoms with van der Waals surface area (Å²) in [5.41, 5.74) is 0. The third-order valence-electron chi connectivity index (χ3n) is 1.11. The maximum absolute atomic E-state index is 9.94. The van der Waals surface area contributed by atoms with Crippen molar-refractivity contribution < 1.29 is 5.03 Å². The third kappa shape index (κ3) is 3.76. The minimum absolute atomic E-state index is 0.393. The number of nitro groups is 1.